The van der Waals surface area contributed by atoms with Gasteiger partial charge in [0.05, 0.1) is 11.2 Å². The number of hydrogen-bond donors (Lipinski definition) is 0. The first-order valence-corrected chi connectivity index (χ1v) is 12.4. The lowest BCUT2D eigenvalue weighted by Gasteiger charge is -2.36. The Morgan fingerprint density at radius 1 is 0.788 bits per heavy atom. The zero-order chi connectivity index (χ0) is 22.8. The van der Waals surface area contributed by atoms with Crippen LogP contribution in [-0.4, -0.2) is 23.3 Å². The molecule has 1 saturated heterocycles. The Bertz CT molecular complexity index is 1200. The first-order valence-electron chi connectivity index (χ1n) is 12.4. The maximum absolute atomic E-state index is 6.53. The van der Waals surface area contributed by atoms with Crippen molar-refractivity contribution in [3.63, 3.8) is 0 Å². The zero-order valence-electron chi connectivity index (χ0n) is 20.2. The zero-order valence-corrected chi connectivity index (χ0v) is 20.2. The molecule has 33 heavy (non-hydrogen) atoms. The maximum Gasteiger partial charge on any atom is 0.495 e. The molecule has 6 rings (SSSR count). The van der Waals surface area contributed by atoms with Gasteiger partial charge in [-0.25, -0.2) is 0 Å². The van der Waals surface area contributed by atoms with Crippen LogP contribution in [0.4, 0.5) is 0 Å². The Hall–Kier alpha value is -2.43. The van der Waals surface area contributed by atoms with E-state index in [1.54, 1.807) is 0 Å². The summed E-state index contributed by atoms with van der Waals surface area (Å²) in [5.41, 5.74) is 8.60. The molecule has 1 spiro atoms. The van der Waals surface area contributed by atoms with Crippen molar-refractivity contribution in [2.45, 2.75) is 76.4 Å². The highest BCUT2D eigenvalue weighted by Gasteiger charge is 2.54. The Morgan fingerprint density at radius 2 is 1.55 bits per heavy atom. The average Bonchev–Trinajstić information content (AvgIpc) is 3.21. The summed E-state index contributed by atoms with van der Waals surface area (Å²) in [5, 5.41) is 0. The first kappa shape index (κ1) is 21.1. The number of fused-ring (bicyclic) bond motifs is 5. The van der Waals surface area contributed by atoms with E-state index < -0.39 is 0 Å². The minimum absolute atomic E-state index is 0.0841. The number of hydrogen-bond acceptors (Lipinski definition) is 3. The van der Waals surface area contributed by atoms with E-state index in [0.29, 0.717) is 0 Å². The third-order valence-corrected chi connectivity index (χ3v) is 8.63. The molecule has 3 aliphatic rings. The van der Waals surface area contributed by atoms with Crippen LogP contribution in [0.3, 0.4) is 0 Å². The highest BCUT2D eigenvalue weighted by atomic mass is 16.7. The van der Waals surface area contributed by atoms with Gasteiger partial charge < -0.3 is 9.31 Å². The molecule has 2 aromatic carbocycles. The normalized spacial score (nSPS) is 21.8. The van der Waals surface area contributed by atoms with Crippen LogP contribution in [0.1, 0.15) is 70.9 Å². The van der Waals surface area contributed by atoms with E-state index in [1.807, 2.05) is 18.5 Å². The molecule has 0 unspecified atom stereocenters. The molecule has 3 aromatic rings. The molecule has 2 aliphatic carbocycles. The van der Waals surface area contributed by atoms with Crippen LogP contribution in [0.5, 0.6) is 0 Å². The second kappa shape index (κ2) is 7.28. The lowest BCUT2D eigenvalue weighted by Crippen LogP contribution is -2.41. The summed E-state index contributed by atoms with van der Waals surface area (Å²) >= 11 is 0. The van der Waals surface area contributed by atoms with E-state index in [2.05, 4.69) is 75.1 Å². The summed E-state index contributed by atoms with van der Waals surface area (Å²) in [7, 11) is -0.352. The van der Waals surface area contributed by atoms with Crippen molar-refractivity contribution < 1.29 is 9.31 Å². The van der Waals surface area contributed by atoms with E-state index in [4.69, 9.17) is 9.31 Å². The number of rotatable bonds is 2. The summed E-state index contributed by atoms with van der Waals surface area (Å²) in [4.78, 5) is 4.36. The molecular formula is C29H32BNO2. The van der Waals surface area contributed by atoms with Gasteiger partial charge in [0.15, 0.2) is 0 Å². The first-order chi connectivity index (χ1) is 15.8. The van der Waals surface area contributed by atoms with Gasteiger partial charge in [0.1, 0.15) is 0 Å². The van der Waals surface area contributed by atoms with Crippen molar-refractivity contribution in [1.82, 2.24) is 4.98 Å². The molecule has 0 atom stereocenters. The fourth-order valence-electron chi connectivity index (χ4n) is 6.15. The number of nitrogens with zero attached hydrogens (tertiary/aromatic N) is 1. The van der Waals surface area contributed by atoms with E-state index in [0.717, 1.165) is 0 Å². The highest BCUT2D eigenvalue weighted by Crippen LogP contribution is 2.56. The fourth-order valence-corrected chi connectivity index (χ4v) is 6.15. The van der Waals surface area contributed by atoms with E-state index in [-0.39, 0.29) is 23.7 Å². The predicted octanol–water partition coefficient (Wildman–Crippen LogP) is 6.28. The topological polar surface area (TPSA) is 31.4 Å². The number of aromatic nitrogens is 1. The van der Waals surface area contributed by atoms with E-state index in [9.17, 15) is 0 Å². The molecule has 3 nitrogen and oxygen atoms in total. The third kappa shape index (κ3) is 3.07. The van der Waals surface area contributed by atoms with Crippen LogP contribution in [-0.2, 0) is 14.7 Å². The average molecular weight is 437 g/mol. The Kier molecular flexibility index (Phi) is 4.66. The lowest BCUT2D eigenvalue weighted by atomic mass is 9.66. The van der Waals surface area contributed by atoms with Crippen molar-refractivity contribution in [1.29, 1.82) is 0 Å². The van der Waals surface area contributed by atoms with Crippen LogP contribution < -0.4 is 5.46 Å². The van der Waals surface area contributed by atoms with Gasteiger partial charge in [-0.15, -0.1) is 0 Å². The van der Waals surface area contributed by atoms with Gasteiger partial charge in [0.25, 0.3) is 0 Å². The second-order valence-corrected chi connectivity index (χ2v) is 11.0. The number of pyridine rings is 1. The minimum Gasteiger partial charge on any atom is -0.399 e. The van der Waals surface area contributed by atoms with Gasteiger partial charge >= 0.3 is 7.12 Å². The highest BCUT2D eigenvalue weighted by molar-refractivity contribution is 6.64. The van der Waals surface area contributed by atoms with Crippen molar-refractivity contribution >= 4 is 12.6 Å². The number of benzene rings is 2. The standard InChI is InChI=1S/C29H32BNO2/c1-27(2)28(3,4)33-30(32-27)25-12-8-11-23-26(25)22-14-13-20(21-10-9-17-31-19-21)18-24(22)29(23)15-6-5-7-16-29/h8-14,17-19H,5-7,15-16H2,1-4H3. The largest absolute Gasteiger partial charge is 0.495 e. The summed E-state index contributed by atoms with van der Waals surface area (Å²) in [6.07, 6.45) is 10.1. The van der Waals surface area contributed by atoms with Gasteiger partial charge in [0.2, 0.25) is 0 Å². The third-order valence-electron chi connectivity index (χ3n) is 8.63. The van der Waals surface area contributed by atoms with Crippen molar-refractivity contribution in [2.24, 2.45) is 0 Å². The Labute approximate surface area is 197 Å². The van der Waals surface area contributed by atoms with E-state index in [1.165, 1.54) is 70.9 Å². The van der Waals surface area contributed by atoms with Gasteiger partial charge in [0, 0.05) is 17.8 Å². The molecule has 168 valence electrons. The monoisotopic (exact) mass is 437 g/mol. The lowest BCUT2D eigenvalue weighted by molar-refractivity contribution is 0.00578. The quantitative estimate of drug-likeness (QED) is 0.443. The Balaban J connectivity index is 1.54. The fraction of sp³-hybridized carbons (Fsp3) is 0.414. The van der Waals surface area contributed by atoms with Gasteiger partial charge in [-0.3, -0.25) is 4.98 Å². The molecule has 1 saturated carbocycles. The summed E-state index contributed by atoms with van der Waals surface area (Å²) in [5.74, 6) is 0. The predicted molar refractivity (Wildman–Crippen MR) is 135 cm³/mol. The van der Waals surface area contributed by atoms with Crippen molar-refractivity contribution in [2.75, 3.05) is 0 Å². The smallest absolute Gasteiger partial charge is 0.399 e. The molecule has 1 aliphatic heterocycles. The maximum atomic E-state index is 6.53. The van der Waals surface area contributed by atoms with Gasteiger partial charge in [-0.05, 0) is 91.5 Å². The molecule has 0 radical (unpaired) electrons. The van der Waals surface area contributed by atoms with Crippen LogP contribution in [0.25, 0.3) is 22.3 Å². The molecule has 2 heterocycles. The van der Waals surface area contributed by atoms with Gasteiger partial charge in [-0.1, -0.05) is 55.7 Å². The molecule has 4 heteroatoms. The molecule has 0 bridgehead atoms. The van der Waals surface area contributed by atoms with Crippen LogP contribution >= 0.6 is 0 Å². The van der Waals surface area contributed by atoms with Crippen LogP contribution in [0, 0.1) is 0 Å². The van der Waals surface area contributed by atoms with E-state index >= 15 is 0 Å². The Morgan fingerprint density at radius 3 is 2.24 bits per heavy atom. The summed E-state index contributed by atoms with van der Waals surface area (Å²) < 4.78 is 13.1. The molecule has 0 amide bonds. The minimum atomic E-state index is -0.353. The van der Waals surface area contributed by atoms with Crippen LogP contribution in [0.2, 0.25) is 0 Å². The summed E-state index contributed by atoms with van der Waals surface area (Å²) in [6.45, 7) is 8.53. The molecule has 0 N–H and O–H groups in total. The second-order valence-electron chi connectivity index (χ2n) is 11.0. The SMILES string of the molecule is CC1(C)OB(c2cccc3c2-c2ccc(-c4cccnc4)cc2C32CCCCC2)OC1(C)C. The van der Waals surface area contributed by atoms with Crippen molar-refractivity contribution in [3.05, 3.63) is 72.1 Å². The molecule has 2 fully saturated rings. The van der Waals surface area contributed by atoms with Crippen LogP contribution in [0.15, 0.2) is 60.9 Å². The summed E-state index contributed by atoms with van der Waals surface area (Å²) in [6, 6.07) is 18.0. The molecular weight excluding hydrogens is 405 g/mol. The van der Waals surface area contributed by atoms with Crippen molar-refractivity contribution in [3.8, 4) is 22.3 Å². The van der Waals surface area contributed by atoms with Gasteiger partial charge in [-0.2, -0.15) is 0 Å². The molecule has 1 aromatic heterocycles.